The third-order valence-electron chi connectivity index (χ3n) is 5.93. The van der Waals surface area contributed by atoms with Crippen LogP contribution in [-0.4, -0.2) is 69.2 Å². The predicted octanol–water partition coefficient (Wildman–Crippen LogP) is 3.66. The molecule has 1 aromatic rings. The van der Waals surface area contributed by atoms with Crippen LogP contribution in [0.2, 0.25) is 5.02 Å². The molecule has 2 fully saturated rings. The minimum atomic E-state index is 0.368. The standard InChI is InChI=1S/C22H35ClN4O/c1-4-24-22(27(3)15-17-10-12-28-16-17)25-14-19-8-6-11-26(2)21(19)18-7-5-9-20(23)13-18/h5,7,9,13,17,19,21H,4,6,8,10-12,14-16H2,1-3H3,(H,24,25). The molecule has 2 heterocycles. The molecule has 0 aliphatic carbocycles. The van der Waals surface area contributed by atoms with Gasteiger partial charge in [0.15, 0.2) is 5.96 Å². The summed E-state index contributed by atoms with van der Waals surface area (Å²) in [6.07, 6.45) is 3.57. The van der Waals surface area contributed by atoms with E-state index in [4.69, 9.17) is 21.3 Å². The molecule has 0 radical (unpaired) electrons. The van der Waals surface area contributed by atoms with E-state index in [0.717, 1.165) is 56.8 Å². The van der Waals surface area contributed by atoms with Crippen LogP contribution in [0, 0.1) is 11.8 Å². The molecule has 5 nitrogen and oxygen atoms in total. The smallest absolute Gasteiger partial charge is 0.193 e. The zero-order chi connectivity index (χ0) is 19.9. The molecule has 0 saturated carbocycles. The number of rotatable bonds is 6. The summed E-state index contributed by atoms with van der Waals surface area (Å²) in [5.74, 6) is 2.11. The van der Waals surface area contributed by atoms with Crippen molar-refractivity contribution in [1.29, 1.82) is 0 Å². The molecular weight excluding hydrogens is 372 g/mol. The normalized spacial score (nSPS) is 26.4. The van der Waals surface area contributed by atoms with Gasteiger partial charge in [0.2, 0.25) is 0 Å². The molecule has 2 aliphatic rings. The van der Waals surface area contributed by atoms with Crippen molar-refractivity contribution in [2.75, 3.05) is 53.5 Å². The highest BCUT2D eigenvalue weighted by atomic mass is 35.5. The molecule has 0 aromatic heterocycles. The number of guanidine groups is 1. The highest BCUT2D eigenvalue weighted by Gasteiger charge is 2.30. The first-order valence-electron chi connectivity index (χ1n) is 10.6. The fourth-order valence-corrected chi connectivity index (χ4v) is 4.74. The molecular formula is C22H35ClN4O. The molecule has 6 heteroatoms. The van der Waals surface area contributed by atoms with Gasteiger partial charge < -0.3 is 15.0 Å². The topological polar surface area (TPSA) is 40.1 Å². The van der Waals surface area contributed by atoms with Gasteiger partial charge in [0.1, 0.15) is 0 Å². The summed E-state index contributed by atoms with van der Waals surface area (Å²) in [4.78, 5) is 9.77. The van der Waals surface area contributed by atoms with E-state index in [1.807, 2.05) is 6.07 Å². The number of piperidine rings is 1. The van der Waals surface area contributed by atoms with E-state index in [9.17, 15) is 0 Å². The van der Waals surface area contributed by atoms with Crippen LogP contribution in [0.25, 0.3) is 0 Å². The molecule has 3 atom stereocenters. The third kappa shape index (κ3) is 5.62. The molecule has 2 saturated heterocycles. The molecule has 0 spiro atoms. The zero-order valence-corrected chi connectivity index (χ0v) is 18.3. The van der Waals surface area contributed by atoms with Crippen molar-refractivity contribution in [3.63, 3.8) is 0 Å². The van der Waals surface area contributed by atoms with Gasteiger partial charge in [-0.2, -0.15) is 0 Å². The Labute approximate surface area is 175 Å². The maximum Gasteiger partial charge on any atom is 0.193 e. The van der Waals surface area contributed by atoms with Gasteiger partial charge in [-0.3, -0.25) is 9.89 Å². The summed E-state index contributed by atoms with van der Waals surface area (Å²) < 4.78 is 5.53. The highest BCUT2D eigenvalue weighted by Crippen LogP contribution is 2.36. The summed E-state index contributed by atoms with van der Waals surface area (Å²) in [5.41, 5.74) is 1.30. The summed E-state index contributed by atoms with van der Waals surface area (Å²) in [7, 11) is 4.36. The lowest BCUT2D eigenvalue weighted by atomic mass is 9.85. The Morgan fingerprint density at radius 3 is 2.96 bits per heavy atom. The van der Waals surface area contributed by atoms with Gasteiger partial charge in [0.25, 0.3) is 0 Å². The van der Waals surface area contributed by atoms with E-state index < -0.39 is 0 Å². The molecule has 0 bridgehead atoms. The maximum atomic E-state index is 6.28. The van der Waals surface area contributed by atoms with E-state index >= 15 is 0 Å². The molecule has 3 unspecified atom stereocenters. The predicted molar refractivity (Wildman–Crippen MR) is 117 cm³/mol. The van der Waals surface area contributed by atoms with Crippen molar-refractivity contribution in [3.8, 4) is 0 Å². The van der Waals surface area contributed by atoms with Crippen LogP contribution in [0.3, 0.4) is 0 Å². The SMILES string of the molecule is CCNC(=NCC1CCCN(C)C1c1cccc(Cl)c1)N(C)CC1CCOC1. The monoisotopic (exact) mass is 406 g/mol. The van der Waals surface area contributed by atoms with Crippen LogP contribution in [-0.2, 0) is 4.74 Å². The number of nitrogens with zero attached hydrogens (tertiary/aromatic N) is 3. The van der Waals surface area contributed by atoms with Gasteiger partial charge >= 0.3 is 0 Å². The largest absolute Gasteiger partial charge is 0.381 e. The first kappa shape index (κ1) is 21.4. The van der Waals surface area contributed by atoms with Crippen molar-refractivity contribution < 1.29 is 4.74 Å². The molecule has 1 N–H and O–H groups in total. The molecule has 2 aliphatic heterocycles. The van der Waals surface area contributed by atoms with Crippen molar-refractivity contribution in [3.05, 3.63) is 34.9 Å². The second-order valence-electron chi connectivity index (χ2n) is 8.19. The number of likely N-dealkylation sites (tertiary alicyclic amines) is 1. The molecule has 1 aromatic carbocycles. The van der Waals surface area contributed by atoms with Crippen molar-refractivity contribution in [1.82, 2.24) is 15.1 Å². The van der Waals surface area contributed by atoms with E-state index in [1.54, 1.807) is 0 Å². The molecule has 156 valence electrons. The van der Waals surface area contributed by atoms with E-state index in [2.05, 4.69) is 54.3 Å². The fraction of sp³-hybridized carbons (Fsp3) is 0.682. The summed E-state index contributed by atoms with van der Waals surface area (Å²) in [6, 6.07) is 8.69. The minimum Gasteiger partial charge on any atom is -0.381 e. The maximum absolute atomic E-state index is 6.28. The quantitative estimate of drug-likeness (QED) is 0.578. The van der Waals surface area contributed by atoms with Crippen molar-refractivity contribution >= 4 is 17.6 Å². The lowest BCUT2D eigenvalue weighted by molar-refractivity contribution is 0.125. The first-order valence-corrected chi connectivity index (χ1v) is 11.0. The van der Waals surface area contributed by atoms with Crippen LogP contribution >= 0.6 is 11.6 Å². The minimum absolute atomic E-state index is 0.368. The van der Waals surface area contributed by atoms with E-state index in [1.165, 1.54) is 18.4 Å². The van der Waals surface area contributed by atoms with Gasteiger partial charge in [-0.05, 0) is 63.4 Å². The van der Waals surface area contributed by atoms with Crippen LogP contribution in [0.4, 0.5) is 0 Å². The van der Waals surface area contributed by atoms with Gasteiger partial charge in [-0.25, -0.2) is 0 Å². The number of halogens is 1. The molecule has 0 amide bonds. The molecule has 3 rings (SSSR count). The Balaban J connectivity index is 1.71. The van der Waals surface area contributed by atoms with Crippen molar-refractivity contribution in [2.24, 2.45) is 16.8 Å². The number of nitrogens with one attached hydrogen (secondary N) is 1. The number of hydrogen-bond acceptors (Lipinski definition) is 3. The second-order valence-corrected chi connectivity index (χ2v) is 8.62. The number of aliphatic imine (C=N–C) groups is 1. The Kier molecular flexibility index (Phi) is 8.00. The lowest BCUT2D eigenvalue weighted by Gasteiger charge is -2.39. The van der Waals surface area contributed by atoms with Gasteiger partial charge in [-0.15, -0.1) is 0 Å². The van der Waals surface area contributed by atoms with Crippen LogP contribution in [0.15, 0.2) is 29.3 Å². The molecule has 28 heavy (non-hydrogen) atoms. The second kappa shape index (κ2) is 10.5. The van der Waals surface area contributed by atoms with Crippen LogP contribution in [0.1, 0.15) is 37.8 Å². The number of ether oxygens (including phenoxy) is 1. The zero-order valence-electron chi connectivity index (χ0n) is 17.5. The first-order chi connectivity index (χ1) is 13.6. The lowest BCUT2D eigenvalue weighted by Crippen LogP contribution is -2.42. The van der Waals surface area contributed by atoms with Crippen LogP contribution < -0.4 is 5.32 Å². The fourth-order valence-electron chi connectivity index (χ4n) is 4.54. The summed E-state index contributed by atoms with van der Waals surface area (Å²) >= 11 is 6.28. The highest BCUT2D eigenvalue weighted by molar-refractivity contribution is 6.30. The Morgan fingerprint density at radius 2 is 2.25 bits per heavy atom. The van der Waals surface area contributed by atoms with Crippen molar-refractivity contribution in [2.45, 2.75) is 32.2 Å². The van der Waals surface area contributed by atoms with Gasteiger partial charge in [0.05, 0.1) is 6.61 Å². The Morgan fingerprint density at radius 1 is 1.39 bits per heavy atom. The number of hydrogen-bond donors (Lipinski definition) is 1. The summed E-state index contributed by atoms with van der Waals surface area (Å²) in [5, 5.41) is 4.28. The average Bonchev–Trinajstić information content (AvgIpc) is 3.18. The van der Waals surface area contributed by atoms with E-state index in [-0.39, 0.29) is 0 Å². The Hall–Kier alpha value is -1.30. The van der Waals surface area contributed by atoms with E-state index in [0.29, 0.717) is 17.9 Å². The van der Waals surface area contributed by atoms with Gasteiger partial charge in [-0.1, -0.05) is 23.7 Å². The average molecular weight is 407 g/mol. The Bertz CT molecular complexity index is 647. The third-order valence-corrected chi connectivity index (χ3v) is 6.16. The summed E-state index contributed by atoms with van der Waals surface area (Å²) in [6.45, 7) is 7.72. The van der Waals surface area contributed by atoms with Gasteiger partial charge in [0, 0.05) is 50.3 Å². The van der Waals surface area contributed by atoms with Crippen LogP contribution in [0.5, 0.6) is 0 Å². The number of benzene rings is 1.